The van der Waals surface area contributed by atoms with Gasteiger partial charge in [-0.3, -0.25) is 4.79 Å². The van der Waals surface area contributed by atoms with Crippen LogP contribution in [-0.4, -0.2) is 124 Å². The first-order valence-electron chi connectivity index (χ1n) is 20.7. The van der Waals surface area contributed by atoms with E-state index in [9.17, 15) is 30.3 Å². The van der Waals surface area contributed by atoms with Gasteiger partial charge in [-0.05, 0) is 98.7 Å². The summed E-state index contributed by atoms with van der Waals surface area (Å²) >= 11 is 0. The zero-order valence-electron chi connectivity index (χ0n) is 32.7. The van der Waals surface area contributed by atoms with E-state index in [1.807, 2.05) is 0 Å². The Morgan fingerprint density at radius 2 is 1.65 bits per heavy atom. The molecule has 8 rings (SSSR count). The molecule has 0 radical (unpaired) electrons. The van der Waals surface area contributed by atoms with Crippen molar-refractivity contribution in [1.29, 1.82) is 0 Å². The standard InChI is InChI=1S/C41H64O13/c1-19-9-14-41(49-17-19)20(2)30-28(54-41)16-27-25-8-7-23-15-24(10-12-39(23,5)26(25)11-13-40(27,30)6)51-38-36(34(46)32(44)29(52-38)18-48-22(4)42)53-37-35(47)33(45)31(43)21(3)50-37/h7,19-21,24-38,43-47H,8-18H2,1-6H3/t19-,20+,21+,24+,25-,26+,27+,28+,29-,30+,31+,32-,33-,34+,35-,36-,37+,38-,39+,40+,41-/m1/s1. The van der Waals surface area contributed by atoms with Crippen molar-refractivity contribution in [3.63, 3.8) is 0 Å². The monoisotopic (exact) mass is 764 g/mol. The van der Waals surface area contributed by atoms with Gasteiger partial charge in [-0.1, -0.05) is 39.3 Å². The Hall–Kier alpha value is -1.23. The van der Waals surface area contributed by atoms with Gasteiger partial charge in [0, 0.05) is 19.3 Å². The lowest BCUT2D eigenvalue weighted by Gasteiger charge is -2.58. The maximum absolute atomic E-state index is 11.6. The Balaban J connectivity index is 0.973. The normalized spacial score (nSPS) is 55.6. The first kappa shape index (κ1) is 39.6. The van der Waals surface area contributed by atoms with Gasteiger partial charge < -0.3 is 58.7 Å². The SMILES string of the molecule is CC(=O)OC[C@H]1O[C@@H](O[C@H]2CC[C@@]3(C)C(=CC[C@H]4[C@@H]5C[C@@H]6O[C@]7(CC[C@@H](C)CO7)[C@@H](C)[C@@H]6[C@@]5(C)CC[C@@H]43)C2)[C@H](O[C@@H]2O[C@@H](C)[C@H](O)[C@@H](O)[C@H]2O)[C@@H](O)[C@@H]1O. The summed E-state index contributed by atoms with van der Waals surface area (Å²) < 4.78 is 43.1. The molecule has 306 valence electrons. The van der Waals surface area contributed by atoms with Gasteiger partial charge in [0.25, 0.3) is 0 Å². The molecule has 4 aliphatic heterocycles. The topological polar surface area (TPSA) is 183 Å². The minimum Gasteiger partial charge on any atom is -0.463 e. The average Bonchev–Trinajstić information content (AvgIpc) is 3.58. The molecule has 4 saturated heterocycles. The van der Waals surface area contributed by atoms with E-state index >= 15 is 0 Å². The number of carbonyl (C=O) groups excluding carboxylic acids is 1. The molecule has 0 unspecified atom stereocenters. The summed E-state index contributed by atoms with van der Waals surface area (Å²) in [5.74, 6) is 2.27. The van der Waals surface area contributed by atoms with Gasteiger partial charge in [-0.2, -0.15) is 0 Å². The fraction of sp³-hybridized carbons (Fsp3) is 0.927. The van der Waals surface area contributed by atoms with E-state index in [0.717, 1.165) is 45.1 Å². The largest absolute Gasteiger partial charge is 0.463 e. The molecule has 0 bridgehead atoms. The van der Waals surface area contributed by atoms with Crippen molar-refractivity contribution in [3.8, 4) is 0 Å². The number of aliphatic hydroxyl groups is 5. The Morgan fingerprint density at radius 1 is 0.870 bits per heavy atom. The quantitative estimate of drug-likeness (QED) is 0.197. The molecular weight excluding hydrogens is 700 g/mol. The van der Waals surface area contributed by atoms with Crippen LogP contribution < -0.4 is 0 Å². The van der Waals surface area contributed by atoms with Crippen LogP contribution in [-0.2, 0) is 38.0 Å². The van der Waals surface area contributed by atoms with Crippen LogP contribution in [0.2, 0.25) is 0 Å². The number of ether oxygens (including phenoxy) is 7. The predicted octanol–water partition coefficient (Wildman–Crippen LogP) is 2.96. The van der Waals surface area contributed by atoms with Gasteiger partial charge in [0.2, 0.25) is 0 Å². The van der Waals surface area contributed by atoms with Gasteiger partial charge in [-0.25, -0.2) is 0 Å². The number of fused-ring (bicyclic) bond motifs is 7. The molecule has 7 fully saturated rings. The molecule has 4 heterocycles. The molecule has 1 spiro atoms. The van der Waals surface area contributed by atoms with Crippen LogP contribution in [0, 0.1) is 46.3 Å². The lowest BCUT2D eigenvalue weighted by molar-refractivity contribution is -0.369. The van der Waals surface area contributed by atoms with E-state index < -0.39 is 73.2 Å². The minimum atomic E-state index is -1.63. The van der Waals surface area contributed by atoms with Crippen molar-refractivity contribution >= 4 is 5.97 Å². The molecule has 8 aliphatic rings. The van der Waals surface area contributed by atoms with Gasteiger partial charge in [0.1, 0.15) is 49.3 Å². The predicted molar refractivity (Wildman–Crippen MR) is 191 cm³/mol. The van der Waals surface area contributed by atoms with Gasteiger partial charge in [-0.15, -0.1) is 0 Å². The second kappa shape index (κ2) is 14.5. The zero-order chi connectivity index (χ0) is 38.5. The van der Waals surface area contributed by atoms with Gasteiger partial charge >= 0.3 is 5.97 Å². The van der Waals surface area contributed by atoms with E-state index in [2.05, 4.69) is 33.8 Å². The molecule has 5 N–H and O–H groups in total. The van der Waals surface area contributed by atoms with Crippen molar-refractivity contribution in [2.75, 3.05) is 13.2 Å². The summed E-state index contributed by atoms with van der Waals surface area (Å²) in [6.07, 6.45) is -2.13. The van der Waals surface area contributed by atoms with Crippen molar-refractivity contribution < 1.29 is 63.5 Å². The number of aliphatic hydroxyl groups excluding tert-OH is 5. The fourth-order valence-electron chi connectivity index (χ4n) is 12.7. The molecule has 3 saturated carbocycles. The third-order valence-electron chi connectivity index (χ3n) is 15.8. The van der Waals surface area contributed by atoms with Crippen molar-refractivity contribution in [2.45, 2.75) is 179 Å². The summed E-state index contributed by atoms with van der Waals surface area (Å²) in [5.41, 5.74) is 1.64. The minimum absolute atomic E-state index is 0.0299. The second-order valence-corrected chi connectivity index (χ2v) is 18.9. The van der Waals surface area contributed by atoms with Crippen LogP contribution in [0.15, 0.2) is 11.6 Å². The Bertz CT molecular complexity index is 1420. The summed E-state index contributed by atoms with van der Waals surface area (Å²) in [5, 5.41) is 53.6. The Labute approximate surface area is 319 Å². The van der Waals surface area contributed by atoms with E-state index in [1.165, 1.54) is 32.3 Å². The highest BCUT2D eigenvalue weighted by Gasteiger charge is 2.69. The number of rotatable bonds is 6. The van der Waals surface area contributed by atoms with Crippen LogP contribution in [0.4, 0.5) is 0 Å². The maximum atomic E-state index is 11.6. The molecule has 21 atom stereocenters. The molecule has 0 amide bonds. The number of allylic oxidation sites excluding steroid dienone is 1. The molecule has 0 aromatic carbocycles. The van der Waals surface area contributed by atoms with E-state index in [0.29, 0.717) is 41.9 Å². The molecule has 54 heavy (non-hydrogen) atoms. The van der Waals surface area contributed by atoms with Crippen LogP contribution in [0.25, 0.3) is 0 Å². The van der Waals surface area contributed by atoms with Crippen LogP contribution in [0.1, 0.15) is 99.3 Å². The first-order chi connectivity index (χ1) is 25.6. The number of carbonyl (C=O) groups is 1. The molecule has 13 nitrogen and oxygen atoms in total. The van der Waals surface area contributed by atoms with E-state index in [4.69, 9.17) is 33.2 Å². The van der Waals surface area contributed by atoms with Crippen molar-refractivity contribution in [2.24, 2.45) is 46.3 Å². The lowest BCUT2D eigenvalue weighted by Crippen LogP contribution is -2.64. The highest BCUT2D eigenvalue weighted by molar-refractivity contribution is 5.65. The number of hydrogen-bond donors (Lipinski definition) is 5. The summed E-state index contributed by atoms with van der Waals surface area (Å²) in [7, 11) is 0. The van der Waals surface area contributed by atoms with Gasteiger partial charge in [0.05, 0.1) is 24.9 Å². The zero-order valence-corrected chi connectivity index (χ0v) is 32.7. The third-order valence-corrected chi connectivity index (χ3v) is 15.8. The fourth-order valence-corrected chi connectivity index (χ4v) is 12.7. The van der Waals surface area contributed by atoms with Crippen molar-refractivity contribution in [1.82, 2.24) is 0 Å². The Kier molecular flexibility index (Phi) is 10.7. The number of esters is 1. The van der Waals surface area contributed by atoms with Gasteiger partial charge in [0.15, 0.2) is 18.4 Å². The highest BCUT2D eigenvalue weighted by atomic mass is 16.8. The lowest BCUT2D eigenvalue weighted by atomic mass is 9.47. The molecule has 0 aromatic heterocycles. The average molecular weight is 765 g/mol. The third kappa shape index (κ3) is 6.44. The van der Waals surface area contributed by atoms with Crippen molar-refractivity contribution in [3.05, 3.63) is 11.6 Å². The van der Waals surface area contributed by atoms with E-state index in [1.54, 1.807) is 0 Å². The molecule has 4 aliphatic carbocycles. The second-order valence-electron chi connectivity index (χ2n) is 18.9. The highest BCUT2D eigenvalue weighted by Crippen LogP contribution is 2.70. The summed E-state index contributed by atoms with van der Waals surface area (Å²) in [4.78, 5) is 11.6. The molecule has 0 aromatic rings. The van der Waals surface area contributed by atoms with Crippen LogP contribution >= 0.6 is 0 Å². The van der Waals surface area contributed by atoms with Crippen LogP contribution in [0.3, 0.4) is 0 Å². The smallest absolute Gasteiger partial charge is 0.302 e. The van der Waals surface area contributed by atoms with Crippen LogP contribution in [0.5, 0.6) is 0 Å². The Morgan fingerprint density at radius 3 is 2.37 bits per heavy atom. The first-order valence-corrected chi connectivity index (χ1v) is 20.7. The van der Waals surface area contributed by atoms with E-state index in [-0.39, 0.29) is 29.6 Å². The summed E-state index contributed by atoms with van der Waals surface area (Å²) in [6, 6.07) is 0. The number of hydrogen-bond acceptors (Lipinski definition) is 13. The maximum Gasteiger partial charge on any atom is 0.302 e. The molecular formula is C41H64O13. The summed E-state index contributed by atoms with van der Waals surface area (Å²) in [6.45, 7) is 12.9. The molecule has 13 heteroatoms.